The van der Waals surface area contributed by atoms with Crippen molar-refractivity contribution in [1.82, 2.24) is 4.90 Å². The monoisotopic (exact) mass is 239 g/mol. The van der Waals surface area contributed by atoms with Crippen LogP contribution in [0, 0.1) is 5.92 Å². The highest BCUT2D eigenvalue weighted by Crippen LogP contribution is 2.16. The Morgan fingerprint density at radius 2 is 1.47 bits per heavy atom. The second kappa shape index (κ2) is 9.94. The lowest BCUT2D eigenvalue weighted by Gasteiger charge is -2.14. The van der Waals surface area contributed by atoms with Crippen LogP contribution in [0.4, 0.5) is 0 Å². The third kappa shape index (κ3) is 7.81. The van der Waals surface area contributed by atoms with Crippen LogP contribution < -0.4 is 0 Å². The van der Waals surface area contributed by atoms with Crippen LogP contribution >= 0.6 is 0 Å². The molecule has 1 fully saturated rings. The molecule has 1 rings (SSSR count). The number of rotatable bonds is 10. The summed E-state index contributed by atoms with van der Waals surface area (Å²) in [6.07, 6.45) is 14.5. The van der Waals surface area contributed by atoms with Crippen molar-refractivity contribution in [1.29, 1.82) is 0 Å². The van der Waals surface area contributed by atoms with E-state index in [1.165, 1.54) is 83.8 Å². The molecule has 1 saturated heterocycles. The first-order chi connectivity index (χ1) is 8.33. The van der Waals surface area contributed by atoms with Gasteiger partial charge in [-0.1, -0.05) is 65.2 Å². The zero-order valence-corrected chi connectivity index (χ0v) is 12.2. The summed E-state index contributed by atoms with van der Waals surface area (Å²) in [5.41, 5.74) is 0. The van der Waals surface area contributed by atoms with Gasteiger partial charge < -0.3 is 4.90 Å². The normalized spacial score (nSPS) is 21.2. The molecule has 0 aromatic heterocycles. The summed E-state index contributed by atoms with van der Waals surface area (Å²) < 4.78 is 0. The second-order valence-electron chi connectivity index (χ2n) is 6.02. The molecule has 0 amide bonds. The van der Waals surface area contributed by atoms with E-state index in [2.05, 4.69) is 18.7 Å². The van der Waals surface area contributed by atoms with Crippen molar-refractivity contribution in [2.45, 2.75) is 78.1 Å². The highest BCUT2D eigenvalue weighted by atomic mass is 15.1. The summed E-state index contributed by atoms with van der Waals surface area (Å²) in [5, 5.41) is 0. The Morgan fingerprint density at radius 3 is 2.00 bits per heavy atom. The van der Waals surface area contributed by atoms with Gasteiger partial charge in [0.25, 0.3) is 0 Å². The molecule has 1 atom stereocenters. The van der Waals surface area contributed by atoms with E-state index in [1.54, 1.807) is 0 Å². The van der Waals surface area contributed by atoms with Crippen LogP contribution in [0.3, 0.4) is 0 Å². The Bertz CT molecular complexity index is 167. The average molecular weight is 239 g/mol. The molecule has 0 N–H and O–H groups in total. The molecule has 0 spiro atoms. The van der Waals surface area contributed by atoms with Gasteiger partial charge in [0.2, 0.25) is 0 Å². The van der Waals surface area contributed by atoms with E-state index in [9.17, 15) is 0 Å². The summed E-state index contributed by atoms with van der Waals surface area (Å²) >= 11 is 0. The van der Waals surface area contributed by atoms with Crippen LogP contribution in [0.1, 0.15) is 78.1 Å². The summed E-state index contributed by atoms with van der Waals surface area (Å²) in [7, 11) is 0. The van der Waals surface area contributed by atoms with Gasteiger partial charge in [0, 0.05) is 6.54 Å². The lowest BCUT2D eigenvalue weighted by molar-refractivity contribution is 0.317. The van der Waals surface area contributed by atoms with Gasteiger partial charge >= 0.3 is 0 Å². The molecule has 0 radical (unpaired) electrons. The molecule has 0 aromatic rings. The van der Waals surface area contributed by atoms with Gasteiger partial charge in [-0.2, -0.15) is 0 Å². The van der Waals surface area contributed by atoms with Crippen LogP contribution in [0.15, 0.2) is 0 Å². The SMILES string of the molecule is CCCCCCCCCCCN1CCC(C)C1. The maximum absolute atomic E-state index is 2.66. The van der Waals surface area contributed by atoms with Gasteiger partial charge in [0.15, 0.2) is 0 Å². The summed E-state index contributed by atoms with van der Waals surface area (Å²) in [4.78, 5) is 2.66. The third-order valence-corrected chi connectivity index (χ3v) is 4.09. The predicted molar refractivity (Wildman–Crippen MR) is 77.4 cm³/mol. The molecule has 1 unspecified atom stereocenters. The molecule has 1 aliphatic rings. The van der Waals surface area contributed by atoms with E-state index in [4.69, 9.17) is 0 Å². The van der Waals surface area contributed by atoms with Gasteiger partial charge in [-0.15, -0.1) is 0 Å². The Hall–Kier alpha value is -0.0400. The highest BCUT2D eigenvalue weighted by molar-refractivity contribution is 4.71. The van der Waals surface area contributed by atoms with Gasteiger partial charge in [0.1, 0.15) is 0 Å². The number of unbranched alkanes of at least 4 members (excludes halogenated alkanes) is 8. The van der Waals surface area contributed by atoms with Crippen LogP contribution in [0.2, 0.25) is 0 Å². The molecule has 17 heavy (non-hydrogen) atoms. The van der Waals surface area contributed by atoms with Crippen molar-refractivity contribution in [2.75, 3.05) is 19.6 Å². The van der Waals surface area contributed by atoms with Gasteiger partial charge in [-0.05, 0) is 31.8 Å². The smallest absolute Gasteiger partial charge is 0.000750 e. The van der Waals surface area contributed by atoms with E-state index >= 15 is 0 Å². The van der Waals surface area contributed by atoms with Crippen LogP contribution in [0.5, 0.6) is 0 Å². The minimum Gasteiger partial charge on any atom is -0.303 e. The first-order valence-corrected chi connectivity index (χ1v) is 8.05. The Balaban J connectivity index is 1.75. The molecule has 1 heterocycles. The zero-order valence-electron chi connectivity index (χ0n) is 12.2. The summed E-state index contributed by atoms with van der Waals surface area (Å²) in [6.45, 7) is 8.75. The van der Waals surface area contributed by atoms with Gasteiger partial charge in [0.05, 0.1) is 0 Å². The van der Waals surface area contributed by atoms with Crippen LogP contribution in [0.25, 0.3) is 0 Å². The molecular formula is C16H33N. The number of hydrogen-bond acceptors (Lipinski definition) is 1. The molecule has 0 aliphatic carbocycles. The fraction of sp³-hybridized carbons (Fsp3) is 1.00. The van der Waals surface area contributed by atoms with Crippen molar-refractivity contribution < 1.29 is 0 Å². The van der Waals surface area contributed by atoms with E-state index in [0.717, 1.165) is 5.92 Å². The van der Waals surface area contributed by atoms with Crippen molar-refractivity contribution in [3.8, 4) is 0 Å². The molecule has 0 saturated carbocycles. The van der Waals surface area contributed by atoms with Crippen molar-refractivity contribution in [3.05, 3.63) is 0 Å². The molecule has 102 valence electrons. The topological polar surface area (TPSA) is 3.24 Å². The fourth-order valence-corrected chi connectivity index (χ4v) is 2.88. The Kier molecular flexibility index (Phi) is 8.78. The van der Waals surface area contributed by atoms with Crippen LogP contribution in [-0.4, -0.2) is 24.5 Å². The van der Waals surface area contributed by atoms with Crippen molar-refractivity contribution in [2.24, 2.45) is 5.92 Å². The number of nitrogens with zero attached hydrogens (tertiary/aromatic N) is 1. The molecule has 1 heteroatoms. The Labute approximate surface area is 109 Å². The third-order valence-electron chi connectivity index (χ3n) is 4.09. The number of likely N-dealkylation sites (tertiary alicyclic amines) is 1. The standard InChI is InChI=1S/C16H33N/c1-3-4-5-6-7-8-9-10-11-13-17-14-12-16(2)15-17/h16H,3-15H2,1-2H3. The van der Waals surface area contributed by atoms with E-state index in [1.807, 2.05) is 0 Å². The zero-order chi connectivity index (χ0) is 12.3. The molecule has 1 aliphatic heterocycles. The lowest BCUT2D eigenvalue weighted by Crippen LogP contribution is -2.21. The quantitative estimate of drug-likeness (QED) is 0.492. The molecule has 0 aromatic carbocycles. The first-order valence-electron chi connectivity index (χ1n) is 8.05. The maximum Gasteiger partial charge on any atom is 0.000750 e. The van der Waals surface area contributed by atoms with E-state index in [0.29, 0.717) is 0 Å². The number of hydrogen-bond donors (Lipinski definition) is 0. The van der Waals surface area contributed by atoms with Crippen molar-refractivity contribution in [3.63, 3.8) is 0 Å². The van der Waals surface area contributed by atoms with E-state index in [-0.39, 0.29) is 0 Å². The van der Waals surface area contributed by atoms with Crippen LogP contribution in [-0.2, 0) is 0 Å². The molecule has 1 nitrogen and oxygen atoms in total. The maximum atomic E-state index is 2.66. The second-order valence-corrected chi connectivity index (χ2v) is 6.02. The average Bonchev–Trinajstić information content (AvgIpc) is 2.73. The molecular weight excluding hydrogens is 206 g/mol. The van der Waals surface area contributed by atoms with Crippen molar-refractivity contribution >= 4 is 0 Å². The van der Waals surface area contributed by atoms with Gasteiger partial charge in [-0.3, -0.25) is 0 Å². The highest BCUT2D eigenvalue weighted by Gasteiger charge is 2.17. The van der Waals surface area contributed by atoms with Gasteiger partial charge in [-0.25, -0.2) is 0 Å². The Morgan fingerprint density at radius 1 is 0.882 bits per heavy atom. The van der Waals surface area contributed by atoms with E-state index < -0.39 is 0 Å². The minimum atomic E-state index is 0.952. The minimum absolute atomic E-state index is 0.952. The predicted octanol–water partition coefficient (Wildman–Crippen LogP) is 4.86. The first kappa shape index (κ1) is 15.0. The fourth-order valence-electron chi connectivity index (χ4n) is 2.88. The summed E-state index contributed by atoms with van der Waals surface area (Å²) in [5.74, 6) is 0.952. The largest absolute Gasteiger partial charge is 0.303 e. The lowest BCUT2D eigenvalue weighted by atomic mass is 10.1. The summed E-state index contributed by atoms with van der Waals surface area (Å²) in [6, 6.07) is 0. The molecule has 0 bridgehead atoms.